The minimum absolute atomic E-state index is 0.000423. The van der Waals surface area contributed by atoms with E-state index in [1.165, 1.54) is 31.5 Å². The number of hydrogen-bond donors (Lipinski definition) is 2. The largest absolute Gasteiger partial charge is 0.480 e. The predicted molar refractivity (Wildman–Crippen MR) is 127 cm³/mol. The first-order valence-electron chi connectivity index (χ1n) is 10.4. The summed E-state index contributed by atoms with van der Waals surface area (Å²) in [5.41, 5.74) is -0.200. The smallest absolute Gasteiger partial charge is 0.277 e. The number of nitrogens with one attached hydrogen (secondary N) is 2. The summed E-state index contributed by atoms with van der Waals surface area (Å²) in [4.78, 5) is 20.3. The third kappa shape index (κ3) is 5.33. The predicted octanol–water partition coefficient (Wildman–Crippen LogP) is 4.91. The standard InChI is InChI=1S/C24H20F2N4O5S/c1-24(25,26)17-10-6-7-11-18(17)30-36(32,33)20-12-16(13-27-23(20)34-2)28-21(31)19-14-35-22(29-19)15-8-4-3-5-9-15/h3-14,30H,1-2H3,(H,28,31). The van der Waals surface area contributed by atoms with Gasteiger partial charge in [-0.15, -0.1) is 0 Å². The SMILES string of the molecule is COc1ncc(NC(=O)c2coc(-c3ccccc3)n2)cc1S(=O)(=O)Nc1ccccc1C(C)(F)F. The van der Waals surface area contributed by atoms with Gasteiger partial charge in [-0.1, -0.05) is 36.4 Å². The van der Waals surface area contributed by atoms with E-state index in [4.69, 9.17) is 9.15 Å². The molecule has 1 amide bonds. The Hall–Kier alpha value is -4.32. The molecule has 0 saturated carbocycles. The van der Waals surface area contributed by atoms with E-state index in [1.807, 2.05) is 6.07 Å². The molecule has 4 rings (SSSR count). The zero-order valence-corrected chi connectivity index (χ0v) is 19.8. The van der Waals surface area contributed by atoms with Crippen molar-refractivity contribution in [1.82, 2.24) is 9.97 Å². The highest BCUT2D eigenvalue weighted by Gasteiger charge is 2.30. The number of rotatable bonds is 8. The van der Waals surface area contributed by atoms with Crippen molar-refractivity contribution in [1.29, 1.82) is 0 Å². The van der Waals surface area contributed by atoms with Crippen molar-refractivity contribution in [2.45, 2.75) is 17.7 Å². The summed E-state index contributed by atoms with van der Waals surface area (Å²) in [5, 5.41) is 2.49. The van der Waals surface area contributed by atoms with E-state index in [2.05, 4.69) is 20.0 Å². The fourth-order valence-electron chi connectivity index (χ4n) is 3.29. The number of sulfonamides is 1. The summed E-state index contributed by atoms with van der Waals surface area (Å²) in [6, 6.07) is 15.1. The molecular weight excluding hydrogens is 494 g/mol. The second kappa shape index (κ2) is 9.74. The maximum Gasteiger partial charge on any atom is 0.277 e. The maximum absolute atomic E-state index is 14.0. The van der Waals surface area contributed by atoms with Crippen LogP contribution in [0.4, 0.5) is 20.2 Å². The van der Waals surface area contributed by atoms with E-state index in [0.29, 0.717) is 12.5 Å². The lowest BCUT2D eigenvalue weighted by molar-refractivity contribution is 0.0183. The third-order valence-corrected chi connectivity index (χ3v) is 6.32. The summed E-state index contributed by atoms with van der Waals surface area (Å²) >= 11 is 0. The van der Waals surface area contributed by atoms with E-state index in [9.17, 15) is 22.0 Å². The molecule has 0 aliphatic rings. The summed E-state index contributed by atoms with van der Waals surface area (Å²) in [7, 11) is -3.25. The van der Waals surface area contributed by atoms with Gasteiger partial charge in [0.25, 0.3) is 21.9 Å². The molecular formula is C24H20F2N4O5S. The molecule has 0 radical (unpaired) electrons. The Kier molecular flexibility index (Phi) is 6.71. The normalized spacial score (nSPS) is 11.7. The van der Waals surface area contributed by atoms with E-state index in [1.54, 1.807) is 24.3 Å². The summed E-state index contributed by atoms with van der Waals surface area (Å²) < 4.78 is 66.7. The topological polar surface area (TPSA) is 123 Å². The summed E-state index contributed by atoms with van der Waals surface area (Å²) in [5.74, 6) is -4.05. The lowest BCUT2D eigenvalue weighted by Gasteiger charge is -2.18. The molecule has 0 bridgehead atoms. The number of nitrogens with zero attached hydrogens (tertiary/aromatic N) is 2. The molecule has 9 nitrogen and oxygen atoms in total. The number of oxazole rings is 1. The molecule has 2 aromatic heterocycles. The number of halogens is 2. The molecule has 0 unspecified atom stereocenters. The van der Waals surface area contributed by atoms with Crippen molar-refractivity contribution in [2.24, 2.45) is 0 Å². The first-order valence-corrected chi connectivity index (χ1v) is 11.9. The van der Waals surface area contributed by atoms with Gasteiger partial charge in [-0.3, -0.25) is 9.52 Å². The van der Waals surface area contributed by atoms with Crippen LogP contribution in [0.2, 0.25) is 0 Å². The zero-order chi connectivity index (χ0) is 25.9. The van der Waals surface area contributed by atoms with Crippen LogP contribution in [0.15, 0.2) is 82.4 Å². The molecule has 2 N–H and O–H groups in total. The number of anilines is 2. The van der Waals surface area contributed by atoms with Crippen molar-refractivity contribution >= 4 is 27.3 Å². The summed E-state index contributed by atoms with van der Waals surface area (Å²) in [6.07, 6.45) is 2.35. The Morgan fingerprint density at radius 1 is 1.08 bits per heavy atom. The number of carbonyl (C=O) groups is 1. The van der Waals surface area contributed by atoms with Gasteiger partial charge in [0.05, 0.1) is 24.7 Å². The second-order valence-electron chi connectivity index (χ2n) is 7.63. The second-order valence-corrected chi connectivity index (χ2v) is 9.28. The Morgan fingerprint density at radius 2 is 1.78 bits per heavy atom. The molecule has 186 valence electrons. The molecule has 2 aromatic carbocycles. The summed E-state index contributed by atoms with van der Waals surface area (Å²) in [6.45, 7) is 0.658. The van der Waals surface area contributed by atoms with Gasteiger partial charge in [-0.05, 0) is 24.3 Å². The Balaban J connectivity index is 1.61. The minimum atomic E-state index is -4.45. The van der Waals surface area contributed by atoms with Crippen molar-refractivity contribution in [2.75, 3.05) is 17.1 Å². The highest BCUT2D eigenvalue weighted by atomic mass is 32.2. The van der Waals surface area contributed by atoms with Gasteiger partial charge in [0.1, 0.15) is 6.26 Å². The first kappa shape index (κ1) is 24.8. The minimum Gasteiger partial charge on any atom is -0.480 e. The number of aromatic nitrogens is 2. The van der Waals surface area contributed by atoms with Gasteiger partial charge in [0.15, 0.2) is 10.6 Å². The van der Waals surface area contributed by atoms with Gasteiger partial charge in [-0.2, -0.15) is 0 Å². The van der Waals surface area contributed by atoms with Gasteiger partial charge in [-0.25, -0.2) is 27.2 Å². The number of ether oxygens (including phenoxy) is 1. The average Bonchev–Trinajstić information content (AvgIpc) is 3.35. The van der Waals surface area contributed by atoms with E-state index in [-0.39, 0.29) is 28.8 Å². The van der Waals surface area contributed by atoms with Crippen molar-refractivity contribution < 1.29 is 31.1 Å². The van der Waals surface area contributed by atoms with Crippen LogP contribution in [0.25, 0.3) is 11.5 Å². The lowest BCUT2D eigenvalue weighted by atomic mass is 10.1. The molecule has 2 heterocycles. The maximum atomic E-state index is 14.0. The molecule has 36 heavy (non-hydrogen) atoms. The van der Waals surface area contributed by atoms with Crippen LogP contribution in [-0.4, -0.2) is 31.4 Å². The highest BCUT2D eigenvalue weighted by molar-refractivity contribution is 7.92. The number of pyridine rings is 1. The fraction of sp³-hybridized carbons (Fsp3) is 0.125. The number of methoxy groups -OCH3 is 1. The van der Waals surface area contributed by atoms with Gasteiger partial charge < -0.3 is 14.5 Å². The third-order valence-electron chi connectivity index (χ3n) is 4.96. The van der Waals surface area contributed by atoms with Gasteiger partial charge in [0.2, 0.25) is 11.8 Å². The molecule has 0 aliphatic carbocycles. The number of alkyl halides is 2. The van der Waals surface area contributed by atoms with Crippen LogP contribution in [0.1, 0.15) is 23.0 Å². The van der Waals surface area contributed by atoms with Gasteiger partial charge >= 0.3 is 0 Å². The van der Waals surface area contributed by atoms with Crippen LogP contribution in [0, 0.1) is 0 Å². The number of amides is 1. The fourth-order valence-corrected chi connectivity index (χ4v) is 4.51. The number of para-hydroxylation sites is 1. The Bertz CT molecular complexity index is 1500. The lowest BCUT2D eigenvalue weighted by Crippen LogP contribution is -2.19. The molecule has 4 aromatic rings. The highest BCUT2D eigenvalue weighted by Crippen LogP contribution is 2.35. The van der Waals surface area contributed by atoms with Crippen molar-refractivity contribution in [3.8, 4) is 17.3 Å². The Morgan fingerprint density at radius 3 is 2.47 bits per heavy atom. The molecule has 12 heteroatoms. The molecule has 0 atom stereocenters. The zero-order valence-electron chi connectivity index (χ0n) is 19.0. The van der Waals surface area contributed by atoms with Crippen LogP contribution in [0.3, 0.4) is 0 Å². The van der Waals surface area contributed by atoms with Crippen LogP contribution in [0.5, 0.6) is 5.88 Å². The molecule has 0 saturated heterocycles. The van der Waals surface area contributed by atoms with E-state index in [0.717, 1.165) is 18.4 Å². The molecule has 0 aliphatic heterocycles. The van der Waals surface area contributed by atoms with Crippen LogP contribution >= 0.6 is 0 Å². The quantitative estimate of drug-likeness (QED) is 0.342. The number of benzene rings is 2. The molecule has 0 spiro atoms. The number of hydrogen-bond acceptors (Lipinski definition) is 7. The first-order chi connectivity index (χ1) is 17.1. The average molecular weight is 515 g/mol. The monoisotopic (exact) mass is 514 g/mol. The van der Waals surface area contributed by atoms with Crippen molar-refractivity contribution in [3.63, 3.8) is 0 Å². The molecule has 0 fully saturated rings. The number of carbonyl (C=O) groups excluding carboxylic acids is 1. The van der Waals surface area contributed by atoms with Crippen LogP contribution < -0.4 is 14.8 Å². The van der Waals surface area contributed by atoms with E-state index >= 15 is 0 Å². The Labute approximate surface area is 205 Å². The van der Waals surface area contributed by atoms with Crippen LogP contribution in [-0.2, 0) is 15.9 Å². The van der Waals surface area contributed by atoms with E-state index < -0.39 is 32.3 Å². The van der Waals surface area contributed by atoms with Gasteiger partial charge in [0, 0.05) is 18.1 Å². The van der Waals surface area contributed by atoms with Crippen molar-refractivity contribution in [3.05, 3.63) is 84.4 Å².